The van der Waals surface area contributed by atoms with Crippen molar-refractivity contribution >= 4 is 11.9 Å². The van der Waals surface area contributed by atoms with Crippen LogP contribution in [0.1, 0.15) is 25.3 Å². The van der Waals surface area contributed by atoms with Gasteiger partial charge in [0.1, 0.15) is 11.4 Å². The third-order valence-electron chi connectivity index (χ3n) is 3.27. The summed E-state index contributed by atoms with van der Waals surface area (Å²) in [6.45, 7) is 2.39. The Labute approximate surface area is 124 Å². The number of hydrogen-bond donors (Lipinski definition) is 0. The van der Waals surface area contributed by atoms with Gasteiger partial charge in [-0.1, -0.05) is 18.2 Å². The van der Waals surface area contributed by atoms with Crippen LogP contribution in [0.4, 0.5) is 0 Å². The number of nitrogens with zero attached hydrogens (tertiary/aromatic N) is 1. The van der Waals surface area contributed by atoms with Crippen molar-refractivity contribution < 1.29 is 19.1 Å². The van der Waals surface area contributed by atoms with Crippen molar-refractivity contribution in [1.29, 1.82) is 0 Å². The van der Waals surface area contributed by atoms with Crippen LogP contribution in [0.5, 0.6) is 5.75 Å². The summed E-state index contributed by atoms with van der Waals surface area (Å²) in [6, 6.07) is 7.42. The molecular weight excluding hydrogens is 270 g/mol. The molecule has 0 saturated carbocycles. The predicted molar refractivity (Wildman–Crippen MR) is 77.5 cm³/mol. The number of methoxy groups -OCH3 is 1. The average molecular weight is 289 g/mol. The molecule has 1 aromatic rings. The first kappa shape index (κ1) is 15.1. The Hall–Kier alpha value is -2.30. The summed E-state index contributed by atoms with van der Waals surface area (Å²) in [5.74, 6) is 0.250. The Morgan fingerprint density at radius 3 is 2.62 bits per heavy atom. The van der Waals surface area contributed by atoms with Gasteiger partial charge in [-0.3, -0.25) is 4.79 Å². The molecule has 0 spiro atoms. The first-order chi connectivity index (χ1) is 10.2. The molecular formula is C16H19NO4. The number of benzene rings is 1. The van der Waals surface area contributed by atoms with Gasteiger partial charge in [0.15, 0.2) is 0 Å². The second-order valence-corrected chi connectivity index (χ2v) is 4.68. The van der Waals surface area contributed by atoms with Gasteiger partial charge in [0.05, 0.1) is 20.3 Å². The Kier molecular flexibility index (Phi) is 4.98. The largest absolute Gasteiger partial charge is 0.497 e. The van der Waals surface area contributed by atoms with Gasteiger partial charge >= 0.3 is 5.97 Å². The van der Waals surface area contributed by atoms with Crippen LogP contribution >= 0.6 is 0 Å². The number of allylic oxidation sites excluding steroid dienone is 1. The van der Waals surface area contributed by atoms with Gasteiger partial charge in [0.2, 0.25) is 5.91 Å². The molecule has 1 aromatic carbocycles. The van der Waals surface area contributed by atoms with Crippen LogP contribution in [0.2, 0.25) is 0 Å². The molecule has 1 aliphatic heterocycles. The molecule has 0 saturated heterocycles. The molecule has 0 aliphatic carbocycles. The number of carbonyl (C=O) groups excluding carboxylic acids is 2. The van der Waals surface area contributed by atoms with E-state index in [2.05, 4.69) is 0 Å². The fourth-order valence-corrected chi connectivity index (χ4v) is 2.20. The lowest BCUT2D eigenvalue weighted by molar-refractivity contribution is -0.144. The molecule has 1 heterocycles. The zero-order valence-electron chi connectivity index (χ0n) is 12.3. The smallest absolute Gasteiger partial charge is 0.354 e. The molecule has 0 bridgehead atoms. The standard InChI is InChI=1S/C16H19NO4/c1-3-21-16(19)14-5-4-6-15(18)17(14)11-12-7-9-13(20-2)10-8-12/h5,7-10H,3-4,6,11H2,1-2H3. The molecule has 112 valence electrons. The highest BCUT2D eigenvalue weighted by Crippen LogP contribution is 2.21. The van der Waals surface area contributed by atoms with Crippen molar-refractivity contribution in [3.63, 3.8) is 0 Å². The lowest BCUT2D eigenvalue weighted by Gasteiger charge is -2.27. The molecule has 0 radical (unpaired) electrons. The molecule has 1 aliphatic rings. The highest BCUT2D eigenvalue weighted by molar-refractivity contribution is 5.95. The van der Waals surface area contributed by atoms with E-state index in [0.29, 0.717) is 31.7 Å². The van der Waals surface area contributed by atoms with Crippen molar-refractivity contribution in [3.8, 4) is 5.75 Å². The van der Waals surface area contributed by atoms with Crippen molar-refractivity contribution in [2.75, 3.05) is 13.7 Å². The summed E-state index contributed by atoms with van der Waals surface area (Å²) in [4.78, 5) is 25.5. The molecule has 1 amide bonds. The number of carbonyl (C=O) groups is 2. The number of rotatable bonds is 5. The fraction of sp³-hybridized carbons (Fsp3) is 0.375. The summed E-state index contributed by atoms with van der Waals surface area (Å²) >= 11 is 0. The predicted octanol–water partition coefficient (Wildman–Crippen LogP) is 2.26. The summed E-state index contributed by atoms with van der Waals surface area (Å²) < 4.78 is 10.1. The summed E-state index contributed by atoms with van der Waals surface area (Å²) in [6.07, 6.45) is 2.76. The Balaban J connectivity index is 2.17. The SMILES string of the molecule is CCOC(=O)C1=CCCC(=O)N1Cc1ccc(OC)cc1. The Morgan fingerprint density at radius 1 is 1.29 bits per heavy atom. The van der Waals surface area contributed by atoms with Crippen molar-refractivity contribution in [1.82, 2.24) is 4.90 Å². The highest BCUT2D eigenvalue weighted by Gasteiger charge is 2.27. The van der Waals surface area contributed by atoms with Crippen LogP contribution in [-0.4, -0.2) is 30.5 Å². The molecule has 21 heavy (non-hydrogen) atoms. The zero-order valence-corrected chi connectivity index (χ0v) is 12.3. The van der Waals surface area contributed by atoms with Gasteiger partial charge < -0.3 is 14.4 Å². The van der Waals surface area contributed by atoms with E-state index in [0.717, 1.165) is 11.3 Å². The quantitative estimate of drug-likeness (QED) is 0.780. The summed E-state index contributed by atoms with van der Waals surface area (Å²) in [5, 5.41) is 0. The normalized spacial score (nSPS) is 14.7. The van der Waals surface area contributed by atoms with Crippen LogP contribution in [-0.2, 0) is 20.9 Å². The van der Waals surface area contributed by atoms with Crippen LogP contribution in [0.3, 0.4) is 0 Å². The van der Waals surface area contributed by atoms with Gasteiger partial charge in [-0.15, -0.1) is 0 Å². The first-order valence-electron chi connectivity index (χ1n) is 6.96. The van der Waals surface area contributed by atoms with Gasteiger partial charge in [0, 0.05) is 6.42 Å². The van der Waals surface area contributed by atoms with E-state index in [4.69, 9.17) is 9.47 Å². The molecule has 0 aromatic heterocycles. The maximum absolute atomic E-state index is 12.1. The van der Waals surface area contributed by atoms with Gasteiger partial charge in [-0.2, -0.15) is 0 Å². The number of esters is 1. The Bertz CT molecular complexity index is 548. The van der Waals surface area contributed by atoms with Crippen LogP contribution in [0.25, 0.3) is 0 Å². The third-order valence-corrected chi connectivity index (χ3v) is 3.27. The second kappa shape index (κ2) is 6.92. The molecule has 0 atom stereocenters. The lowest BCUT2D eigenvalue weighted by atomic mass is 10.1. The highest BCUT2D eigenvalue weighted by atomic mass is 16.5. The maximum Gasteiger partial charge on any atom is 0.354 e. The number of ether oxygens (including phenoxy) is 2. The van der Waals surface area contributed by atoms with E-state index >= 15 is 0 Å². The Morgan fingerprint density at radius 2 is 2.00 bits per heavy atom. The van der Waals surface area contributed by atoms with E-state index in [1.54, 1.807) is 20.1 Å². The lowest BCUT2D eigenvalue weighted by Crippen LogP contribution is -2.36. The van der Waals surface area contributed by atoms with Crippen molar-refractivity contribution in [2.24, 2.45) is 0 Å². The number of amides is 1. The van der Waals surface area contributed by atoms with Crippen LogP contribution in [0, 0.1) is 0 Å². The molecule has 2 rings (SSSR count). The number of hydrogen-bond acceptors (Lipinski definition) is 4. The van der Waals surface area contributed by atoms with Crippen molar-refractivity contribution in [3.05, 3.63) is 41.6 Å². The molecule has 0 N–H and O–H groups in total. The van der Waals surface area contributed by atoms with Gasteiger partial charge in [-0.25, -0.2) is 4.79 Å². The zero-order chi connectivity index (χ0) is 15.2. The van der Waals surface area contributed by atoms with Crippen LogP contribution in [0.15, 0.2) is 36.0 Å². The van der Waals surface area contributed by atoms with E-state index in [1.165, 1.54) is 4.90 Å². The molecule has 5 nitrogen and oxygen atoms in total. The fourth-order valence-electron chi connectivity index (χ4n) is 2.20. The minimum Gasteiger partial charge on any atom is -0.497 e. The topological polar surface area (TPSA) is 55.8 Å². The second-order valence-electron chi connectivity index (χ2n) is 4.68. The minimum absolute atomic E-state index is 0.0589. The average Bonchev–Trinajstić information content (AvgIpc) is 2.50. The van der Waals surface area contributed by atoms with E-state index < -0.39 is 5.97 Å². The van der Waals surface area contributed by atoms with E-state index in [1.807, 2.05) is 24.3 Å². The maximum atomic E-state index is 12.1. The van der Waals surface area contributed by atoms with Gasteiger partial charge in [0.25, 0.3) is 0 Å². The monoisotopic (exact) mass is 289 g/mol. The summed E-state index contributed by atoms with van der Waals surface area (Å²) in [7, 11) is 1.60. The molecule has 0 fully saturated rings. The van der Waals surface area contributed by atoms with E-state index in [9.17, 15) is 9.59 Å². The third kappa shape index (κ3) is 3.62. The van der Waals surface area contributed by atoms with E-state index in [-0.39, 0.29) is 5.91 Å². The summed E-state index contributed by atoms with van der Waals surface area (Å²) in [5.41, 5.74) is 1.27. The van der Waals surface area contributed by atoms with Gasteiger partial charge in [-0.05, 0) is 31.0 Å². The molecule has 5 heteroatoms. The van der Waals surface area contributed by atoms with Crippen molar-refractivity contribution in [2.45, 2.75) is 26.3 Å². The minimum atomic E-state index is -0.445. The molecule has 0 unspecified atom stereocenters. The first-order valence-corrected chi connectivity index (χ1v) is 6.96. The van der Waals surface area contributed by atoms with Crippen LogP contribution < -0.4 is 4.74 Å².